The van der Waals surface area contributed by atoms with E-state index in [0.717, 1.165) is 29.1 Å². The first-order valence-electron chi connectivity index (χ1n) is 10.2. The van der Waals surface area contributed by atoms with Gasteiger partial charge in [0.25, 0.3) is 5.91 Å². The van der Waals surface area contributed by atoms with E-state index >= 15 is 0 Å². The van der Waals surface area contributed by atoms with Crippen LogP contribution in [-0.4, -0.2) is 28.8 Å². The van der Waals surface area contributed by atoms with Gasteiger partial charge >= 0.3 is 0 Å². The molecule has 0 fully saturated rings. The molecule has 0 bridgehead atoms. The minimum atomic E-state index is -0.648. The Morgan fingerprint density at radius 2 is 2.00 bits per heavy atom. The minimum Gasteiger partial charge on any atom is -0.479 e. The van der Waals surface area contributed by atoms with Gasteiger partial charge in [0.05, 0.1) is 22.4 Å². The predicted molar refractivity (Wildman–Crippen MR) is 119 cm³/mol. The Hall–Kier alpha value is -2.99. The third-order valence-electron chi connectivity index (χ3n) is 5.24. The summed E-state index contributed by atoms with van der Waals surface area (Å²) in [4.78, 5) is 32.4. The summed E-state index contributed by atoms with van der Waals surface area (Å²) in [5, 5.41) is 3.12. The van der Waals surface area contributed by atoms with E-state index in [0.29, 0.717) is 17.0 Å². The lowest BCUT2D eigenvalue weighted by Gasteiger charge is -2.36. The van der Waals surface area contributed by atoms with Crippen molar-refractivity contribution in [3.63, 3.8) is 0 Å². The van der Waals surface area contributed by atoms with Crippen LogP contribution >= 0.6 is 11.3 Å². The van der Waals surface area contributed by atoms with Crippen LogP contribution in [0.15, 0.2) is 53.9 Å². The number of aromatic nitrogens is 1. The number of benzene rings is 2. The smallest absolute Gasteiger partial charge is 0.268 e. The zero-order valence-corrected chi connectivity index (χ0v) is 18.1. The Balaban J connectivity index is 1.73. The van der Waals surface area contributed by atoms with Gasteiger partial charge in [-0.25, -0.2) is 4.98 Å². The van der Waals surface area contributed by atoms with Crippen LogP contribution in [0, 0.1) is 0 Å². The van der Waals surface area contributed by atoms with Crippen molar-refractivity contribution < 1.29 is 14.3 Å². The van der Waals surface area contributed by atoms with Crippen LogP contribution < -0.4 is 9.64 Å². The van der Waals surface area contributed by atoms with E-state index in [4.69, 9.17) is 9.72 Å². The number of nitrogens with zero attached hydrogens (tertiary/aromatic N) is 2. The molecule has 0 aliphatic carbocycles. The molecule has 1 aromatic heterocycles. The molecule has 0 spiro atoms. The minimum absolute atomic E-state index is 0.103. The maximum Gasteiger partial charge on any atom is 0.268 e. The number of carbonyl (C=O) groups is 2. The van der Waals surface area contributed by atoms with Crippen molar-refractivity contribution in [1.82, 2.24) is 4.98 Å². The second-order valence-corrected chi connectivity index (χ2v) is 8.38. The molecule has 6 heteroatoms. The molecule has 154 valence electrons. The molecule has 2 heterocycles. The molecule has 2 aromatic carbocycles. The average Bonchev–Trinajstić information content (AvgIpc) is 3.23. The number of hydrogen-bond acceptors (Lipinski definition) is 5. The van der Waals surface area contributed by atoms with Crippen LogP contribution in [-0.2, 0) is 11.2 Å². The Labute approximate surface area is 180 Å². The first kappa shape index (κ1) is 20.3. The summed E-state index contributed by atoms with van der Waals surface area (Å²) in [6, 6.07) is 14.1. The van der Waals surface area contributed by atoms with Gasteiger partial charge in [-0.2, -0.15) is 0 Å². The summed E-state index contributed by atoms with van der Waals surface area (Å²) in [5.74, 6) is 0.275. The van der Waals surface area contributed by atoms with Crippen molar-refractivity contribution in [1.29, 1.82) is 0 Å². The van der Waals surface area contributed by atoms with Crippen LogP contribution in [0.5, 0.6) is 5.75 Å². The fraction of sp³-hybridized carbons (Fsp3) is 0.292. The molecule has 3 aromatic rings. The van der Waals surface area contributed by atoms with E-state index in [1.807, 2.05) is 41.8 Å². The van der Waals surface area contributed by atoms with E-state index < -0.39 is 12.1 Å². The molecule has 1 aliphatic rings. The van der Waals surface area contributed by atoms with Crippen molar-refractivity contribution in [2.24, 2.45) is 0 Å². The van der Waals surface area contributed by atoms with Crippen molar-refractivity contribution >= 4 is 28.7 Å². The Kier molecular flexibility index (Phi) is 5.68. The highest BCUT2D eigenvalue weighted by atomic mass is 32.1. The molecule has 1 amide bonds. The van der Waals surface area contributed by atoms with Gasteiger partial charge in [-0.3, -0.25) is 14.5 Å². The molecular formula is C24H24N2O3S. The highest BCUT2D eigenvalue weighted by Gasteiger charge is 2.37. The van der Waals surface area contributed by atoms with Crippen molar-refractivity contribution in [2.45, 2.75) is 45.8 Å². The van der Waals surface area contributed by atoms with Gasteiger partial charge in [0.1, 0.15) is 5.75 Å². The normalized spacial score (nSPS) is 16.7. The van der Waals surface area contributed by atoms with E-state index in [1.165, 1.54) is 0 Å². The number of carbonyl (C=O) groups excluding carboxylic acids is 2. The zero-order chi connectivity index (χ0) is 21.3. The Morgan fingerprint density at radius 1 is 1.23 bits per heavy atom. The van der Waals surface area contributed by atoms with Crippen molar-refractivity contribution in [3.05, 3.63) is 64.5 Å². The number of fused-ring (bicyclic) bond motifs is 1. The number of aryl methyl sites for hydroxylation is 1. The van der Waals surface area contributed by atoms with Gasteiger partial charge in [0, 0.05) is 16.5 Å². The third-order valence-corrected chi connectivity index (χ3v) is 6.15. The largest absolute Gasteiger partial charge is 0.479 e. The SMILES string of the molecule is CCCc1nc(-c2ccc3c(c2)N(C(C)C(=O)c2ccccc2)C(=O)C(C)O3)cs1. The van der Waals surface area contributed by atoms with Crippen LogP contribution in [0.4, 0.5) is 5.69 Å². The first-order chi connectivity index (χ1) is 14.5. The molecule has 0 N–H and O–H groups in total. The van der Waals surface area contributed by atoms with Crippen molar-refractivity contribution in [2.75, 3.05) is 4.90 Å². The lowest BCUT2D eigenvalue weighted by atomic mass is 10.0. The topological polar surface area (TPSA) is 59.5 Å². The fourth-order valence-electron chi connectivity index (χ4n) is 3.65. The number of amides is 1. The zero-order valence-electron chi connectivity index (χ0n) is 17.3. The Bertz CT molecular complexity index is 1080. The average molecular weight is 421 g/mol. The molecule has 0 saturated heterocycles. The van der Waals surface area contributed by atoms with Crippen LogP contribution in [0.3, 0.4) is 0 Å². The van der Waals surface area contributed by atoms with E-state index in [2.05, 4.69) is 6.92 Å². The number of anilines is 1. The second-order valence-electron chi connectivity index (χ2n) is 7.43. The maximum atomic E-state index is 13.1. The van der Waals surface area contributed by atoms with Crippen LogP contribution in [0.1, 0.15) is 42.6 Å². The van der Waals surface area contributed by atoms with Crippen molar-refractivity contribution in [3.8, 4) is 17.0 Å². The number of rotatable bonds is 6. The second kappa shape index (κ2) is 8.40. The molecule has 2 atom stereocenters. The number of ether oxygens (including phenoxy) is 1. The summed E-state index contributed by atoms with van der Waals surface area (Å²) in [7, 11) is 0. The molecular weight excluding hydrogens is 396 g/mol. The van der Waals surface area contributed by atoms with E-state index in [9.17, 15) is 9.59 Å². The molecule has 1 aliphatic heterocycles. The quantitative estimate of drug-likeness (QED) is 0.518. The molecule has 30 heavy (non-hydrogen) atoms. The lowest BCUT2D eigenvalue weighted by molar-refractivity contribution is -0.125. The lowest BCUT2D eigenvalue weighted by Crippen LogP contribution is -2.51. The van der Waals surface area contributed by atoms with Gasteiger partial charge < -0.3 is 4.74 Å². The van der Waals surface area contributed by atoms with E-state index in [-0.39, 0.29) is 11.7 Å². The Morgan fingerprint density at radius 3 is 2.73 bits per heavy atom. The molecule has 2 unspecified atom stereocenters. The summed E-state index contributed by atoms with van der Waals surface area (Å²) in [5.41, 5.74) is 2.97. The molecule has 0 radical (unpaired) electrons. The molecule has 0 saturated carbocycles. The van der Waals surface area contributed by atoms with Crippen LogP contribution in [0.25, 0.3) is 11.3 Å². The monoisotopic (exact) mass is 420 g/mol. The maximum absolute atomic E-state index is 13.1. The first-order valence-corrected chi connectivity index (χ1v) is 11.1. The standard InChI is InChI=1S/C24H24N2O3S/c1-4-8-22-25-19(14-30-22)18-11-12-21-20(13-18)26(24(28)16(3)29-21)15(2)23(27)17-9-6-5-7-10-17/h5-7,9-16H,4,8H2,1-3H3. The summed E-state index contributed by atoms with van der Waals surface area (Å²) in [6.07, 6.45) is 1.35. The van der Waals surface area contributed by atoms with E-state index in [1.54, 1.807) is 42.2 Å². The number of Topliss-reactive ketones (excluding diaryl/α,β-unsaturated/α-hetero) is 1. The molecule has 5 nitrogen and oxygen atoms in total. The summed E-state index contributed by atoms with van der Waals surface area (Å²) in [6.45, 7) is 5.61. The molecule has 4 rings (SSSR count). The number of hydrogen-bond donors (Lipinski definition) is 0. The van der Waals surface area contributed by atoms with Gasteiger partial charge in [-0.05, 0) is 44.9 Å². The number of thiazole rings is 1. The van der Waals surface area contributed by atoms with Gasteiger partial charge in [-0.1, -0.05) is 37.3 Å². The van der Waals surface area contributed by atoms with Gasteiger partial charge in [0.2, 0.25) is 0 Å². The van der Waals surface area contributed by atoms with Gasteiger partial charge in [0.15, 0.2) is 11.9 Å². The fourth-order valence-corrected chi connectivity index (χ4v) is 4.56. The number of ketones is 1. The predicted octanol–water partition coefficient (Wildman–Crippen LogP) is 5.15. The highest BCUT2D eigenvalue weighted by molar-refractivity contribution is 7.09. The third kappa shape index (κ3) is 3.75. The summed E-state index contributed by atoms with van der Waals surface area (Å²) >= 11 is 1.64. The van der Waals surface area contributed by atoms with Crippen LogP contribution in [0.2, 0.25) is 0 Å². The highest BCUT2D eigenvalue weighted by Crippen LogP contribution is 2.39. The summed E-state index contributed by atoms with van der Waals surface area (Å²) < 4.78 is 5.82. The van der Waals surface area contributed by atoms with Gasteiger partial charge in [-0.15, -0.1) is 11.3 Å².